The first-order valence-corrected chi connectivity index (χ1v) is 2.42. The van der Waals surface area contributed by atoms with Crippen LogP contribution in [0.4, 0.5) is 0 Å². The number of hydrogen-bond donors (Lipinski definition) is 0. The van der Waals surface area contributed by atoms with Gasteiger partial charge in [0.25, 0.3) is 0 Å². The molecule has 0 unspecified atom stereocenters. The molecule has 0 spiro atoms. The fraction of sp³-hybridized carbons (Fsp3) is 0. The molecule has 0 fully saturated rings. The maximum atomic E-state index is 8.54. The van der Waals surface area contributed by atoms with E-state index in [1.165, 1.54) is 0 Å². The molecule has 0 aliphatic heterocycles. The van der Waals surface area contributed by atoms with Crippen LogP contribution in [0.1, 0.15) is 2.85 Å². The molecule has 0 saturated carbocycles. The molecule has 5 heteroatoms. The standard InChI is InChI=1S/H2O.2O.Sr.Zr.2H/h1H2;;;;;;/q;;;+2;;2*-1. The van der Waals surface area contributed by atoms with Crippen LogP contribution in [0.2, 0.25) is 0 Å². The van der Waals surface area contributed by atoms with Crippen molar-refractivity contribution in [2.45, 2.75) is 0 Å². The van der Waals surface area contributed by atoms with E-state index >= 15 is 0 Å². The van der Waals surface area contributed by atoms with Gasteiger partial charge in [-0.25, -0.2) is 0 Å². The van der Waals surface area contributed by atoms with E-state index in [9.17, 15) is 0 Å². The second-order valence-corrected chi connectivity index (χ2v) is 0.493. The van der Waals surface area contributed by atoms with Gasteiger partial charge < -0.3 is 8.33 Å². The third-order valence-electron chi connectivity index (χ3n) is 0. The van der Waals surface area contributed by atoms with Gasteiger partial charge in [0.15, 0.2) is 0 Å². The molecule has 0 aromatic carbocycles. The summed E-state index contributed by atoms with van der Waals surface area (Å²) in [6.45, 7) is 0. The Hall–Kier alpha value is 1.92. The third kappa shape index (κ3) is 24.6. The summed E-state index contributed by atoms with van der Waals surface area (Å²) in [5.41, 5.74) is 0. The fourth-order valence-corrected chi connectivity index (χ4v) is 0. The molecular weight excluding hydrogens is 227 g/mol. The van der Waals surface area contributed by atoms with Gasteiger partial charge >= 0.3 is 74.4 Å². The fourth-order valence-electron chi connectivity index (χ4n) is 0. The van der Waals surface area contributed by atoms with E-state index in [1.54, 1.807) is 0 Å². The van der Waals surface area contributed by atoms with Crippen molar-refractivity contribution in [1.82, 2.24) is 0 Å². The van der Waals surface area contributed by atoms with E-state index < -0.39 is 23.2 Å². The van der Waals surface area contributed by atoms with Crippen LogP contribution in [0, 0.1) is 0 Å². The smallest absolute Gasteiger partial charge is 2.00 e. The van der Waals surface area contributed by atoms with Gasteiger partial charge in [-0.1, -0.05) is 0 Å². The van der Waals surface area contributed by atoms with Gasteiger partial charge in [0.1, 0.15) is 0 Å². The Morgan fingerprint density at radius 1 is 1.40 bits per heavy atom. The molecule has 0 atom stereocenters. The van der Waals surface area contributed by atoms with E-state index in [1.807, 2.05) is 0 Å². The maximum Gasteiger partial charge on any atom is 2.00 e. The molecule has 0 rings (SSSR count). The summed E-state index contributed by atoms with van der Waals surface area (Å²) >= 11 is -2.27. The van der Waals surface area contributed by atoms with Crippen LogP contribution >= 0.6 is 0 Å². The van der Waals surface area contributed by atoms with Crippen molar-refractivity contribution in [3.05, 3.63) is 0 Å². The molecule has 0 aromatic heterocycles. The van der Waals surface area contributed by atoms with Gasteiger partial charge in [0.2, 0.25) is 0 Å². The van der Waals surface area contributed by atoms with Gasteiger partial charge in [-0.3, -0.25) is 0 Å². The second-order valence-electron chi connectivity index (χ2n) is 0.0833. The zero-order chi connectivity index (χ0) is 2.71. The monoisotopic (exact) mass is 230 g/mol. The van der Waals surface area contributed by atoms with Crippen molar-refractivity contribution < 1.29 is 37.2 Å². The minimum Gasteiger partial charge on any atom is 2.00 e. The average molecular weight is 231 g/mol. The minimum absolute atomic E-state index is 0. The van der Waals surface area contributed by atoms with Crippen molar-refractivity contribution >= 4 is 45.5 Å². The predicted molar refractivity (Wildman–Crippen MR) is 13.0 cm³/mol. The van der Waals surface area contributed by atoms with Crippen LogP contribution in [0.5, 0.6) is 0 Å². The summed E-state index contributed by atoms with van der Waals surface area (Å²) in [6, 6.07) is 0. The van der Waals surface area contributed by atoms with Crippen LogP contribution in [0.15, 0.2) is 0 Å². The molecule has 0 heterocycles. The SMILES string of the molecule is O.[H-].[H-].[O]=[Zr]=[O].[Sr+2]. The number of hydrogen-bond acceptors (Lipinski definition) is 2. The molecule has 0 aliphatic rings. The summed E-state index contributed by atoms with van der Waals surface area (Å²) in [5, 5.41) is 0. The average Bonchev–Trinajstić information content (AvgIpc) is 0.918. The summed E-state index contributed by atoms with van der Waals surface area (Å²) in [6.07, 6.45) is 0. The van der Waals surface area contributed by atoms with Crippen LogP contribution in [-0.2, 0) is 28.9 Å². The first-order valence-electron chi connectivity index (χ1n) is 0.408. The van der Waals surface area contributed by atoms with E-state index in [4.69, 9.17) is 5.63 Å². The van der Waals surface area contributed by atoms with Crippen LogP contribution in [0.25, 0.3) is 0 Å². The summed E-state index contributed by atoms with van der Waals surface area (Å²) in [4.78, 5) is 0. The Morgan fingerprint density at radius 2 is 1.40 bits per heavy atom. The Balaban J connectivity index is -0.00000000333. The van der Waals surface area contributed by atoms with E-state index in [-0.39, 0.29) is 53.8 Å². The Labute approximate surface area is 81.1 Å². The Bertz CT molecular complexity index is 33.9. The van der Waals surface area contributed by atoms with Crippen LogP contribution in [-0.4, -0.2) is 51.0 Å². The zero-order valence-electron chi connectivity index (χ0n) is 4.52. The summed E-state index contributed by atoms with van der Waals surface area (Å²) in [7, 11) is 0. The third-order valence-corrected chi connectivity index (χ3v) is 0. The predicted octanol–water partition coefficient (Wildman–Crippen LogP) is -1.22. The molecule has 0 radical (unpaired) electrons. The van der Waals surface area contributed by atoms with E-state index in [0.717, 1.165) is 0 Å². The summed E-state index contributed by atoms with van der Waals surface area (Å²) in [5.74, 6) is 0. The van der Waals surface area contributed by atoms with Crippen molar-refractivity contribution in [2.75, 3.05) is 0 Å². The first-order chi connectivity index (χ1) is 1.41. The van der Waals surface area contributed by atoms with Gasteiger partial charge in [-0.2, -0.15) is 0 Å². The Morgan fingerprint density at radius 3 is 1.40 bits per heavy atom. The second kappa shape index (κ2) is 16.8. The molecule has 0 bridgehead atoms. The molecule has 5 heavy (non-hydrogen) atoms. The normalized spacial score (nSPS) is 1.60. The molecule has 0 aliphatic carbocycles. The van der Waals surface area contributed by atoms with E-state index in [0.29, 0.717) is 0 Å². The van der Waals surface area contributed by atoms with Crippen molar-refractivity contribution in [3.63, 3.8) is 0 Å². The van der Waals surface area contributed by atoms with Crippen molar-refractivity contribution in [1.29, 1.82) is 0 Å². The summed E-state index contributed by atoms with van der Waals surface area (Å²) < 4.78 is 17.1. The minimum atomic E-state index is -2.27. The zero-order valence-corrected chi connectivity index (χ0v) is 8.46. The number of rotatable bonds is 0. The topological polar surface area (TPSA) is 65.6 Å². The van der Waals surface area contributed by atoms with Crippen molar-refractivity contribution in [3.8, 4) is 0 Å². The molecule has 0 saturated heterocycles. The van der Waals surface area contributed by atoms with Gasteiger partial charge in [0, 0.05) is 0 Å². The molecular formula is H4O3SrZr. The van der Waals surface area contributed by atoms with Gasteiger partial charge in [-0.05, 0) is 0 Å². The largest absolute Gasteiger partial charge is 2.00 e. The quantitative estimate of drug-likeness (QED) is 0.490. The van der Waals surface area contributed by atoms with Gasteiger partial charge in [-0.15, -0.1) is 0 Å². The van der Waals surface area contributed by atoms with Crippen LogP contribution in [0.3, 0.4) is 0 Å². The molecule has 3 nitrogen and oxygen atoms in total. The molecule has 28 valence electrons. The van der Waals surface area contributed by atoms with E-state index in [2.05, 4.69) is 0 Å². The van der Waals surface area contributed by atoms with Gasteiger partial charge in [0.05, 0.1) is 0 Å². The first kappa shape index (κ1) is 15.8. The molecule has 0 amide bonds. The van der Waals surface area contributed by atoms with Crippen molar-refractivity contribution in [2.24, 2.45) is 0 Å². The maximum absolute atomic E-state index is 8.54. The van der Waals surface area contributed by atoms with Crippen LogP contribution < -0.4 is 0 Å². The molecule has 2 N–H and O–H groups in total. The Kier molecular flexibility index (Phi) is 53.0. The molecule has 0 aromatic rings.